The second kappa shape index (κ2) is 6.52. The van der Waals surface area contributed by atoms with Crippen LogP contribution in [0.1, 0.15) is 28.7 Å². The molecule has 3 N–H and O–H groups in total. The van der Waals surface area contributed by atoms with Crippen LogP contribution in [-0.2, 0) is 0 Å². The zero-order valence-electron chi connectivity index (χ0n) is 16.9. The number of furan rings is 2. The minimum atomic E-state index is -0.238. The van der Waals surface area contributed by atoms with Crippen molar-refractivity contribution in [1.29, 1.82) is 0 Å². The number of benzene rings is 2. The maximum Gasteiger partial charge on any atom is 0.161 e. The van der Waals surface area contributed by atoms with Gasteiger partial charge in [0.25, 0.3) is 0 Å². The zero-order chi connectivity index (χ0) is 21.1. The number of aromatic amines is 2. The van der Waals surface area contributed by atoms with E-state index < -0.39 is 0 Å². The molecular weight excluding hydrogens is 400 g/mol. The topological polar surface area (TPSA) is 82.2 Å². The largest absolute Gasteiger partial charge is 0.456 e. The van der Waals surface area contributed by atoms with Crippen LogP contribution in [0.4, 0.5) is 11.4 Å². The third kappa shape index (κ3) is 2.43. The van der Waals surface area contributed by atoms with Crippen LogP contribution in [0.2, 0.25) is 0 Å². The molecule has 2 aromatic carbocycles. The number of anilines is 1. The van der Waals surface area contributed by atoms with Crippen molar-refractivity contribution in [3.8, 4) is 0 Å². The van der Waals surface area contributed by atoms with Crippen molar-refractivity contribution in [2.24, 2.45) is 4.99 Å². The molecule has 1 unspecified atom stereocenters. The fraction of sp³-hybridized carbons (Fsp3) is 0.0385. The van der Waals surface area contributed by atoms with Gasteiger partial charge >= 0.3 is 0 Å². The first-order chi connectivity index (χ1) is 15.9. The maximum absolute atomic E-state index is 6.40. The minimum Gasteiger partial charge on any atom is -0.456 e. The van der Waals surface area contributed by atoms with Crippen LogP contribution >= 0.6 is 0 Å². The van der Waals surface area contributed by atoms with Gasteiger partial charge in [0.2, 0.25) is 0 Å². The first-order valence-corrected chi connectivity index (χ1v) is 10.5. The highest BCUT2D eigenvalue weighted by Gasteiger charge is 2.40. The Morgan fingerprint density at radius 3 is 2.22 bits per heavy atom. The normalized spacial score (nSPS) is 16.5. The van der Waals surface area contributed by atoms with Crippen molar-refractivity contribution in [2.75, 3.05) is 5.32 Å². The lowest BCUT2D eigenvalue weighted by Crippen LogP contribution is -2.23. The van der Waals surface area contributed by atoms with E-state index in [2.05, 4.69) is 15.3 Å². The number of aliphatic imine (C=N–C) groups is 1. The lowest BCUT2D eigenvalue weighted by atomic mass is 9.89. The van der Waals surface area contributed by atoms with Crippen LogP contribution in [-0.4, -0.2) is 15.7 Å². The smallest absolute Gasteiger partial charge is 0.161 e. The molecule has 0 spiro atoms. The summed E-state index contributed by atoms with van der Waals surface area (Å²) in [5.41, 5.74) is 7.98. The Bertz CT molecular complexity index is 1600. The lowest BCUT2D eigenvalue weighted by molar-refractivity contribution is 0.524. The summed E-state index contributed by atoms with van der Waals surface area (Å²) in [7, 11) is 0. The van der Waals surface area contributed by atoms with E-state index in [4.69, 9.17) is 13.8 Å². The fourth-order valence-corrected chi connectivity index (χ4v) is 4.57. The van der Waals surface area contributed by atoms with Gasteiger partial charge in [-0.1, -0.05) is 36.4 Å². The SMILES string of the molecule is c1ccc(N=C2c3oc4cc[nH]c4c3C(Nc3ccccc3)c3oc4cc[nH]c4c32)cc1. The molecule has 1 atom stereocenters. The van der Waals surface area contributed by atoms with E-state index in [0.717, 1.165) is 61.9 Å². The van der Waals surface area contributed by atoms with Gasteiger partial charge in [0.05, 0.1) is 27.8 Å². The van der Waals surface area contributed by atoms with Crippen molar-refractivity contribution >= 4 is 39.3 Å². The number of nitrogens with zero attached hydrogens (tertiary/aromatic N) is 1. The monoisotopic (exact) mass is 418 g/mol. The number of nitrogens with one attached hydrogen (secondary N) is 3. The van der Waals surface area contributed by atoms with E-state index in [0.29, 0.717) is 0 Å². The van der Waals surface area contributed by atoms with E-state index in [9.17, 15) is 0 Å². The number of aromatic nitrogens is 2. The van der Waals surface area contributed by atoms with Gasteiger partial charge < -0.3 is 24.1 Å². The van der Waals surface area contributed by atoms with Crippen LogP contribution in [0.5, 0.6) is 0 Å². The Morgan fingerprint density at radius 1 is 0.750 bits per heavy atom. The summed E-state index contributed by atoms with van der Waals surface area (Å²) < 4.78 is 12.8. The highest BCUT2D eigenvalue weighted by molar-refractivity contribution is 6.22. The summed E-state index contributed by atoms with van der Waals surface area (Å²) in [4.78, 5) is 11.7. The number of fused-ring (bicyclic) bond motifs is 6. The van der Waals surface area contributed by atoms with E-state index in [1.54, 1.807) is 0 Å². The summed E-state index contributed by atoms with van der Waals surface area (Å²) in [5, 5.41) is 3.65. The summed E-state index contributed by atoms with van der Waals surface area (Å²) in [6.45, 7) is 0. The Hall–Kier alpha value is -4.45. The highest BCUT2D eigenvalue weighted by Crippen LogP contribution is 2.46. The van der Waals surface area contributed by atoms with Crippen molar-refractivity contribution in [3.63, 3.8) is 0 Å². The molecule has 0 aliphatic heterocycles. The van der Waals surface area contributed by atoms with Crippen LogP contribution in [0.25, 0.3) is 22.2 Å². The molecule has 1 aliphatic rings. The van der Waals surface area contributed by atoms with Crippen molar-refractivity contribution in [2.45, 2.75) is 6.04 Å². The molecular formula is C26H18N4O2. The quantitative estimate of drug-likeness (QED) is 0.306. The highest BCUT2D eigenvalue weighted by atomic mass is 16.3. The molecule has 6 heteroatoms. The van der Waals surface area contributed by atoms with E-state index >= 15 is 0 Å². The average Bonchev–Trinajstić information content (AvgIpc) is 3.58. The van der Waals surface area contributed by atoms with Crippen molar-refractivity contribution in [3.05, 3.63) is 108 Å². The first kappa shape index (κ1) is 17.3. The molecule has 154 valence electrons. The van der Waals surface area contributed by atoms with Gasteiger partial charge in [0.1, 0.15) is 17.5 Å². The van der Waals surface area contributed by atoms with Gasteiger partial charge in [-0.15, -0.1) is 0 Å². The molecule has 32 heavy (non-hydrogen) atoms. The molecule has 4 heterocycles. The number of hydrogen-bond donors (Lipinski definition) is 3. The fourth-order valence-electron chi connectivity index (χ4n) is 4.57. The summed E-state index contributed by atoms with van der Waals surface area (Å²) in [5.74, 6) is 1.56. The Balaban J connectivity index is 1.54. The molecule has 0 bridgehead atoms. The zero-order valence-corrected chi connectivity index (χ0v) is 16.9. The number of hydrogen-bond acceptors (Lipinski definition) is 4. The molecule has 0 radical (unpaired) electrons. The standard InChI is InChI=1S/C26H18N4O2/c1-3-7-15(8-4-1)29-23-19-21-17(11-13-27-21)32-26(19)24(30-16-9-5-2-6-10-16)20-22-18(12-14-28-22)31-25(20)23/h1-14,23,27-29H. The second-order valence-corrected chi connectivity index (χ2v) is 7.86. The predicted molar refractivity (Wildman–Crippen MR) is 125 cm³/mol. The third-order valence-corrected chi connectivity index (χ3v) is 5.94. The minimum absolute atomic E-state index is 0.238. The summed E-state index contributed by atoms with van der Waals surface area (Å²) in [6, 6.07) is 23.7. The lowest BCUT2D eigenvalue weighted by Gasteiger charge is -2.24. The number of rotatable bonds is 3. The third-order valence-electron chi connectivity index (χ3n) is 5.94. The van der Waals surface area contributed by atoms with Gasteiger partial charge in [-0.25, -0.2) is 4.99 Å². The molecule has 1 aliphatic carbocycles. The molecule has 0 fully saturated rings. The summed E-state index contributed by atoms with van der Waals surface area (Å²) >= 11 is 0. The molecule has 0 saturated carbocycles. The maximum atomic E-state index is 6.40. The Morgan fingerprint density at radius 2 is 1.44 bits per heavy atom. The number of H-pyrrole nitrogens is 2. The molecule has 7 rings (SSSR count). The van der Waals surface area contributed by atoms with Gasteiger partial charge in [-0.05, 0) is 36.4 Å². The van der Waals surface area contributed by atoms with Crippen molar-refractivity contribution < 1.29 is 8.83 Å². The molecule has 6 aromatic rings. The molecule has 4 aromatic heterocycles. The second-order valence-electron chi connectivity index (χ2n) is 7.86. The number of para-hydroxylation sites is 2. The van der Waals surface area contributed by atoms with Crippen LogP contribution in [0, 0.1) is 0 Å². The van der Waals surface area contributed by atoms with Gasteiger partial charge in [-0.2, -0.15) is 0 Å². The van der Waals surface area contributed by atoms with Crippen LogP contribution in [0.3, 0.4) is 0 Å². The van der Waals surface area contributed by atoms with Crippen molar-refractivity contribution in [1.82, 2.24) is 9.97 Å². The first-order valence-electron chi connectivity index (χ1n) is 10.5. The van der Waals surface area contributed by atoms with E-state index in [-0.39, 0.29) is 6.04 Å². The van der Waals surface area contributed by atoms with Crippen LogP contribution < -0.4 is 5.32 Å². The van der Waals surface area contributed by atoms with E-state index in [1.807, 2.05) is 85.2 Å². The summed E-state index contributed by atoms with van der Waals surface area (Å²) in [6.07, 6.45) is 3.78. The Kier molecular flexibility index (Phi) is 3.52. The molecule has 6 nitrogen and oxygen atoms in total. The van der Waals surface area contributed by atoms with Gasteiger partial charge in [-0.3, -0.25) is 0 Å². The molecule has 0 saturated heterocycles. The van der Waals surface area contributed by atoms with Gasteiger partial charge in [0, 0.05) is 18.1 Å². The Labute approximate surface area is 182 Å². The van der Waals surface area contributed by atoms with Gasteiger partial charge in [0.15, 0.2) is 16.9 Å². The predicted octanol–water partition coefficient (Wildman–Crippen LogP) is 6.52. The van der Waals surface area contributed by atoms with E-state index in [1.165, 1.54) is 0 Å². The average molecular weight is 418 g/mol. The molecule has 0 amide bonds. The van der Waals surface area contributed by atoms with Crippen LogP contribution in [0.15, 0.2) is 99.0 Å².